The second-order valence-corrected chi connectivity index (χ2v) is 7.88. The molecule has 11 heteroatoms. The first-order valence-corrected chi connectivity index (χ1v) is 10.3. The van der Waals surface area contributed by atoms with Crippen molar-refractivity contribution in [1.82, 2.24) is 15.5 Å². The number of carboxylic acids is 1. The molecular formula is C18H33N5O5S. The SMILES string of the molecule is CC(C)[C@H](N)C(=O)O.CN/C(=C/[N+](=O)[O-])NCCSCc1ccc(CN(C)C)o1. The topological polar surface area (TPSA) is 147 Å². The van der Waals surface area contributed by atoms with Crippen LogP contribution in [-0.4, -0.2) is 60.4 Å². The number of carboxylic acid groups (broad SMARTS) is 1. The molecule has 10 nitrogen and oxygen atoms in total. The number of thioether (sulfide) groups is 1. The van der Waals surface area contributed by atoms with Crippen molar-refractivity contribution in [1.29, 1.82) is 0 Å². The maximum absolute atomic E-state index is 10.3. The van der Waals surface area contributed by atoms with Crippen LogP contribution < -0.4 is 16.4 Å². The molecule has 29 heavy (non-hydrogen) atoms. The molecule has 1 atom stereocenters. The lowest BCUT2D eigenvalue weighted by molar-refractivity contribution is -0.404. The zero-order valence-corrected chi connectivity index (χ0v) is 18.5. The van der Waals surface area contributed by atoms with Gasteiger partial charge in [-0.1, -0.05) is 13.8 Å². The van der Waals surface area contributed by atoms with Crippen molar-refractivity contribution in [3.05, 3.63) is 45.8 Å². The van der Waals surface area contributed by atoms with E-state index < -0.39 is 16.9 Å². The fourth-order valence-corrected chi connectivity index (χ4v) is 2.66. The molecule has 0 saturated heterocycles. The van der Waals surface area contributed by atoms with Gasteiger partial charge in [0.1, 0.15) is 17.6 Å². The smallest absolute Gasteiger partial charge is 0.320 e. The van der Waals surface area contributed by atoms with E-state index in [9.17, 15) is 14.9 Å². The molecule has 1 rings (SSSR count). The number of furan rings is 1. The first-order valence-electron chi connectivity index (χ1n) is 9.12. The summed E-state index contributed by atoms with van der Waals surface area (Å²) < 4.78 is 5.70. The Bertz CT molecular complexity index is 648. The van der Waals surface area contributed by atoms with Crippen molar-refractivity contribution in [2.45, 2.75) is 32.2 Å². The van der Waals surface area contributed by atoms with Gasteiger partial charge in [0.15, 0.2) is 5.82 Å². The molecule has 0 radical (unpaired) electrons. The largest absolute Gasteiger partial charge is 0.480 e. The fraction of sp³-hybridized carbons (Fsp3) is 0.611. The summed E-state index contributed by atoms with van der Waals surface area (Å²) in [4.78, 5) is 21.9. The van der Waals surface area contributed by atoms with Crippen LogP contribution >= 0.6 is 11.8 Å². The van der Waals surface area contributed by atoms with Crippen molar-refractivity contribution < 1.29 is 19.2 Å². The van der Waals surface area contributed by atoms with E-state index >= 15 is 0 Å². The standard InChI is InChI=1S/C13H22N4O3S.C5H11NO2/c1-14-13(9-17(18)19)15-6-7-21-10-12-5-4-11(20-12)8-16(2)3;1-3(2)4(6)5(7)8/h4-5,9,14-15H,6-8,10H2,1-3H3;3-4H,6H2,1-2H3,(H,7,8)/b13-9-;/t;4-/m.0/s1. The number of aliphatic carboxylic acids is 1. The van der Waals surface area contributed by atoms with Crippen LogP contribution in [0.3, 0.4) is 0 Å². The molecule has 0 bridgehead atoms. The summed E-state index contributed by atoms with van der Waals surface area (Å²) in [5, 5.41) is 24.3. The van der Waals surface area contributed by atoms with E-state index in [2.05, 4.69) is 15.5 Å². The second-order valence-electron chi connectivity index (χ2n) is 6.77. The quantitative estimate of drug-likeness (QED) is 0.218. The minimum atomic E-state index is -0.931. The van der Waals surface area contributed by atoms with Gasteiger partial charge in [0.05, 0.1) is 17.2 Å². The highest BCUT2D eigenvalue weighted by atomic mass is 32.2. The van der Waals surface area contributed by atoms with Crippen LogP contribution in [0.5, 0.6) is 0 Å². The number of rotatable bonds is 12. The average molecular weight is 432 g/mol. The van der Waals surface area contributed by atoms with Gasteiger partial charge >= 0.3 is 5.97 Å². The average Bonchev–Trinajstić information content (AvgIpc) is 3.06. The summed E-state index contributed by atoms with van der Waals surface area (Å²) in [5.74, 6) is 3.04. The third-order valence-electron chi connectivity index (χ3n) is 3.50. The van der Waals surface area contributed by atoms with Crippen LogP contribution in [0.2, 0.25) is 0 Å². The maximum Gasteiger partial charge on any atom is 0.320 e. The van der Waals surface area contributed by atoms with Gasteiger partial charge < -0.3 is 30.8 Å². The molecule has 5 N–H and O–H groups in total. The molecule has 1 heterocycles. The third kappa shape index (κ3) is 13.6. The van der Waals surface area contributed by atoms with Gasteiger partial charge in [0.2, 0.25) is 0 Å². The molecule has 0 aliphatic heterocycles. The minimum absolute atomic E-state index is 0.0208. The Morgan fingerprint density at radius 3 is 2.48 bits per heavy atom. The van der Waals surface area contributed by atoms with E-state index in [1.54, 1.807) is 32.7 Å². The van der Waals surface area contributed by atoms with Crippen LogP contribution in [0, 0.1) is 16.0 Å². The van der Waals surface area contributed by atoms with Crippen molar-refractivity contribution in [3.8, 4) is 0 Å². The highest BCUT2D eigenvalue weighted by Crippen LogP contribution is 2.15. The molecule has 1 aromatic rings. The van der Waals surface area contributed by atoms with Crippen LogP contribution in [0.1, 0.15) is 25.4 Å². The first-order chi connectivity index (χ1) is 13.6. The lowest BCUT2D eigenvalue weighted by Crippen LogP contribution is -2.34. The van der Waals surface area contributed by atoms with Gasteiger partial charge in [0.25, 0.3) is 6.20 Å². The van der Waals surface area contributed by atoms with Gasteiger partial charge in [-0.3, -0.25) is 14.9 Å². The normalized spacial score (nSPS) is 12.3. The van der Waals surface area contributed by atoms with Crippen LogP contribution in [-0.2, 0) is 17.1 Å². The summed E-state index contributed by atoms with van der Waals surface area (Å²) in [7, 11) is 5.64. The van der Waals surface area contributed by atoms with Crippen molar-refractivity contribution in [2.24, 2.45) is 11.7 Å². The molecule has 0 unspecified atom stereocenters. The highest BCUT2D eigenvalue weighted by molar-refractivity contribution is 7.98. The molecule has 0 aliphatic carbocycles. The minimum Gasteiger partial charge on any atom is -0.480 e. The maximum atomic E-state index is 10.3. The molecule has 0 aromatic carbocycles. The lowest BCUT2D eigenvalue weighted by Gasteiger charge is -2.07. The second kappa shape index (κ2) is 14.7. The number of nitrogens with two attached hydrogens (primary N) is 1. The van der Waals surface area contributed by atoms with Gasteiger partial charge in [-0.05, 0) is 32.1 Å². The van der Waals surface area contributed by atoms with Gasteiger partial charge in [0, 0.05) is 19.3 Å². The molecule has 0 aliphatic rings. The number of nitrogens with one attached hydrogen (secondary N) is 2. The molecule has 166 valence electrons. The van der Waals surface area contributed by atoms with E-state index in [4.69, 9.17) is 15.3 Å². The van der Waals surface area contributed by atoms with Crippen molar-refractivity contribution in [2.75, 3.05) is 33.4 Å². The Morgan fingerprint density at radius 1 is 1.41 bits per heavy atom. The first kappa shape index (κ1) is 26.8. The molecule has 1 aromatic heterocycles. The summed E-state index contributed by atoms with van der Waals surface area (Å²) >= 11 is 1.72. The highest BCUT2D eigenvalue weighted by Gasteiger charge is 2.14. The number of nitro groups is 1. The molecular weight excluding hydrogens is 398 g/mol. The van der Waals surface area contributed by atoms with Gasteiger partial charge in [-0.2, -0.15) is 11.8 Å². The number of carbonyl (C=O) groups is 1. The molecule has 0 spiro atoms. The van der Waals surface area contributed by atoms with Crippen molar-refractivity contribution >= 4 is 17.7 Å². The Balaban J connectivity index is 0.000000828. The number of hydrogen-bond donors (Lipinski definition) is 4. The number of hydrogen-bond acceptors (Lipinski definition) is 9. The van der Waals surface area contributed by atoms with E-state index in [1.807, 2.05) is 26.2 Å². The predicted octanol–water partition coefficient (Wildman–Crippen LogP) is 1.51. The zero-order chi connectivity index (χ0) is 22.4. The van der Waals surface area contributed by atoms with Crippen LogP contribution in [0.25, 0.3) is 0 Å². The van der Waals surface area contributed by atoms with E-state index in [0.717, 1.165) is 35.8 Å². The monoisotopic (exact) mass is 431 g/mol. The third-order valence-corrected chi connectivity index (χ3v) is 4.48. The summed E-state index contributed by atoms with van der Waals surface area (Å²) in [6, 6.07) is 3.27. The van der Waals surface area contributed by atoms with Gasteiger partial charge in [-0.15, -0.1) is 0 Å². The van der Waals surface area contributed by atoms with Crippen molar-refractivity contribution in [3.63, 3.8) is 0 Å². The molecule has 0 saturated carbocycles. The summed E-state index contributed by atoms with van der Waals surface area (Å²) in [6.07, 6.45) is 0.921. The van der Waals surface area contributed by atoms with Gasteiger partial charge in [-0.25, -0.2) is 0 Å². The summed E-state index contributed by atoms with van der Waals surface area (Å²) in [6.45, 7) is 5.00. The van der Waals surface area contributed by atoms with E-state index in [1.165, 1.54) is 0 Å². The lowest BCUT2D eigenvalue weighted by atomic mass is 10.1. The summed E-state index contributed by atoms with van der Waals surface area (Å²) in [5.41, 5.74) is 5.16. The number of nitrogens with zero attached hydrogens (tertiary/aromatic N) is 2. The van der Waals surface area contributed by atoms with Crippen LogP contribution in [0.4, 0.5) is 0 Å². The van der Waals surface area contributed by atoms with E-state index in [-0.39, 0.29) is 5.92 Å². The Hall–Kier alpha value is -2.24. The fourth-order valence-electron chi connectivity index (χ4n) is 1.92. The zero-order valence-electron chi connectivity index (χ0n) is 17.7. The predicted molar refractivity (Wildman–Crippen MR) is 115 cm³/mol. The molecule has 0 amide bonds. The van der Waals surface area contributed by atoms with Crippen LogP contribution in [0.15, 0.2) is 28.6 Å². The molecule has 0 fully saturated rings. The van der Waals surface area contributed by atoms with E-state index in [0.29, 0.717) is 12.4 Å². The Labute approximate surface area is 176 Å². The Morgan fingerprint density at radius 2 is 2.03 bits per heavy atom. The Kier molecular flexibility index (Phi) is 13.6.